The predicted molar refractivity (Wildman–Crippen MR) is 128 cm³/mol. The van der Waals surface area contributed by atoms with Crippen molar-refractivity contribution in [3.63, 3.8) is 0 Å². The number of hydrogen-bond donors (Lipinski definition) is 0. The predicted octanol–water partition coefficient (Wildman–Crippen LogP) is 6.34. The van der Waals surface area contributed by atoms with Crippen LogP contribution in [0, 0.1) is 6.92 Å². The van der Waals surface area contributed by atoms with Crippen molar-refractivity contribution in [3.05, 3.63) is 102 Å². The Hall–Kier alpha value is -3.59. The van der Waals surface area contributed by atoms with Crippen LogP contribution >= 0.6 is 0 Å². The molecular weight excluding hydrogens is 378 g/mol. The van der Waals surface area contributed by atoms with Crippen molar-refractivity contribution in [2.45, 2.75) is 26.7 Å². The van der Waals surface area contributed by atoms with E-state index in [0.717, 1.165) is 0 Å². The second-order valence-electron chi connectivity index (χ2n) is 8.51. The molecule has 31 heavy (non-hydrogen) atoms. The Morgan fingerprint density at radius 3 is 2.26 bits per heavy atom. The highest BCUT2D eigenvalue weighted by atomic mass is 15.2. The maximum atomic E-state index is 2.44. The molecule has 0 atom stereocenters. The second-order valence-corrected chi connectivity index (χ2v) is 8.51. The highest BCUT2D eigenvalue weighted by molar-refractivity contribution is 5.80. The molecule has 0 amide bonds. The van der Waals surface area contributed by atoms with Crippen molar-refractivity contribution in [2.75, 3.05) is 0 Å². The van der Waals surface area contributed by atoms with Crippen LogP contribution in [0.15, 0.2) is 91.3 Å². The van der Waals surface area contributed by atoms with Gasteiger partial charge >= 0.3 is 0 Å². The maximum Gasteiger partial charge on any atom is 0.295 e. The first-order valence-electron chi connectivity index (χ1n) is 10.9. The maximum absolute atomic E-state index is 2.44. The molecule has 5 aromatic rings. The van der Waals surface area contributed by atoms with Crippen molar-refractivity contribution < 1.29 is 4.57 Å². The summed E-state index contributed by atoms with van der Waals surface area (Å²) in [6.07, 6.45) is 4.20. The van der Waals surface area contributed by atoms with Gasteiger partial charge in [0.2, 0.25) is 0 Å². The van der Waals surface area contributed by atoms with Crippen LogP contribution in [-0.2, 0) is 7.05 Å². The van der Waals surface area contributed by atoms with Gasteiger partial charge in [-0.25, -0.2) is 4.57 Å². The van der Waals surface area contributed by atoms with Crippen LogP contribution < -0.4 is 4.57 Å². The minimum absolute atomic E-state index is 0.390. The molecule has 3 heteroatoms. The van der Waals surface area contributed by atoms with Gasteiger partial charge in [0.05, 0.1) is 12.6 Å². The van der Waals surface area contributed by atoms with Gasteiger partial charge in [-0.1, -0.05) is 44.2 Å². The molecule has 0 radical (unpaired) electrons. The summed E-state index contributed by atoms with van der Waals surface area (Å²) in [5.41, 5.74) is 8.74. The van der Waals surface area contributed by atoms with Crippen molar-refractivity contribution in [1.82, 2.24) is 9.13 Å². The molecule has 0 saturated heterocycles. The zero-order valence-corrected chi connectivity index (χ0v) is 18.6. The lowest BCUT2D eigenvalue weighted by atomic mass is 9.99. The van der Waals surface area contributed by atoms with E-state index in [2.05, 4.69) is 133 Å². The Morgan fingerprint density at radius 1 is 0.806 bits per heavy atom. The van der Waals surface area contributed by atoms with E-state index < -0.39 is 0 Å². The molecule has 0 aliphatic carbocycles. The van der Waals surface area contributed by atoms with E-state index >= 15 is 0 Å². The van der Waals surface area contributed by atoms with Crippen molar-refractivity contribution in [3.8, 4) is 22.8 Å². The first kappa shape index (κ1) is 19.4. The lowest BCUT2D eigenvalue weighted by Crippen LogP contribution is -2.30. The van der Waals surface area contributed by atoms with E-state index in [4.69, 9.17) is 0 Å². The summed E-state index contributed by atoms with van der Waals surface area (Å²) in [5, 5.41) is 0. The van der Waals surface area contributed by atoms with Crippen molar-refractivity contribution in [2.24, 2.45) is 7.05 Å². The molecule has 0 aliphatic heterocycles. The number of aromatic nitrogens is 3. The average Bonchev–Trinajstić information content (AvgIpc) is 3.41. The van der Waals surface area contributed by atoms with Gasteiger partial charge in [-0.15, -0.1) is 0 Å². The summed E-state index contributed by atoms with van der Waals surface area (Å²) >= 11 is 0. The lowest BCUT2D eigenvalue weighted by Gasteiger charge is -2.15. The molecule has 0 saturated carbocycles. The van der Waals surface area contributed by atoms with E-state index in [1.54, 1.807) is 0 Å². The largest absolute Gasteiger partial charge is 0.324 e. The molecule has 3 nitrogen and oxygen atoms in total. The third-order valence-corrected chi connectivity index (χ3v) is 6.18. The summed E-state index contributed by atoms with van der Waals surface area (Å²) < 4.78 is 6.93. The van der Waals surface area contributed by atoms with Gasteiger partial charge in [0, 0.05) is 23.6 Å². The smallest absolute Gasteiger partial charge is 0.295 e. The van der Waals surface area contributed by atoms with Gasteiger partial charge in [-0.3, -0.25) is 0 Å². The Labute approximate surface area is 183 Å². The number of para-hydroxylation sites is 2. The van der Waals surface area contributed by atoms with Crippen LogP contribution in [-0.4, -0.2) is 9.13 Å². The Bertz CT molecular complexity index is 1370. The average molecular weight is 407 g/mol. The van der Waals surface area contributed by atoms with Crippen LogP contribution in [0.4, 0.5) is 0 Å². The topological polar surface area (TPSA) is 13.7 Å². The number of fused-ring (bicyclic) bond motifs is 1. The van der Waals surface area contributed by atoms with Crippen LogP contribution in [0.25, 0.3) is 33.8 Å². The standard InChI is InChI=1S/C28H28N3/c1-20(2)24-19-22(30-17-9-10-18-30)15-16-25(24)31-27-14-8-7-13-26(27)29(4)28(31)23-12-6-5-11-21(23)3/h5-20H,1-4H3/q+1. The lowest BCUT2D eigenvalue weighted by molar-refractivity contribution is -0.633. The Balaban J connectivity index is 1.86. The summed E-state index contributed by atoms with van der Waals surface area (Å²) in [7, 11) is 2.17. The third-order valence-electron chi connectivity index (χ3n) is 6.18. The summed E-state index contributed by atoms with van der Waals surface area (Å²) in [6.45, 7) is 6.74. The van der Waals surface area contributed by atoms with Crippen LogP contribution in [0.5, 0.6) is 0 Å². The monoisotopic (exact) mass is 406 g/mol. The van der Waals surface area contributed by atoms with Gasteiger partial charge in [-0.05, 0) is 66.9 Å². The Kier molecular flexibility index (Phi) is 4.74. The van der Waals surface area contributed by atoms with Crippen molar-refractivity contribution in [1.29, 1.82) is 0 Å². The molecule has 0 aliphatic rings. The number of benzene rings is 3. The number of imidazole rings is 1. The van der Waals surface area contributed by atoms with Crippen LogP contribution in [0.1, 0.15) is 30.9 Å². The van der Waals surface area contributed by atoms with Crippen molar-refractivity contribution >= 4 is 11.0 Å². The quantitative estimate of drug-likeness (QED) is 0.309. The number of nitrogens with zero attached hydrogens (tertiary/aromatic N) is 3. The van der Waals surface area contributed by atoms with E-state index in [1.807, 2.05) is 0 Å². The summed E-state index contributed by atoms with van der Waals surface area (Å²) in [6, 6.07) is 28.3. The fourth-order valence-electron chi connectivity index (χ4n) is 4.56. The van der Waals surface area contributed by atoms with Gasteiger partial charge in [0.25, 0.3) is 5.82 Å². The number of rotatable bonds is 4. The van der Waals surface area contributed by atoms with E-state index in [9.17, 15) is 0 Å². The molecule has 0 spiro atoms. The molecule has 0 unspecified atom stereocenters. The van der Waals surface area contributed by atoms with Gasteiger partial charge in [0.15, 0.2) is 11.0 Å². The molecule has 0 bridgehead atoms. The molecule has 5 rings (SSSR count). The minimum Gasteiger partial charge on any atom is -0.324 e. The highest BCUT2D eigenvalue weighted by Gasteiger charge is 2.28. The van der Waals surface area contributed by atoms with Crippen LogP contribution in [0.3, 0.4) is 0 Å². The molecular formula is C28H28N3+. The fraction of sp³-hybridized carbons (Fsp3) is 0.179. The molecule has 154 valence electrons. The summed E-state index contributed by atoms with van der Waals surface area (Å²) in [5.74, 6) is 1.59. The molecule has 3 aromatic carbocycles. The summed E-state index contributed by atoms with van der Waals surface area (Å²) in [4.78, 5) is 0. The molecule has 2 heterocycles. The third kappa shape index (κ3) is 3.17. The van der Waals surface area contributed by atoms with Crippen LogP contribution in [0.2, 0.25) is 0 Å². The van der Waals surface area contributed by atoms with E-state index in [-0.39, 0.29) is 0 Å². The van der Waals surface area contributed by atoms with E-state index in [1.165, 1.54) is 44.9 Å². The molecule has 0 fully saturated rings. The van der Waals surface area contributed by atoms with Gasteiger partial charge in [0.1, 0.15) is 5.69 Å². The zero-order valence-electron chi connectivity index (χ0n) is 18.6. The minimum atomic E-state index is 0.390. The SMILES string of the molecule is Cc1ccccc1-c1n(-c2ccc(-n3cccc3)cc2C(C)C)c2ccccc2[n+]1C. The normalized spacial score (nSPS) is 11.5. The fourth-order valence-corrected chi connectivity index (χ4v) is 4.56. The molecule has 0 N–H and O–H groups in total. The number of hydrogen-bond acceptors (Lipinski definition) is 0. The molecule has 2 aromatic heterocycles. The first-order valence-corrected chi connectivity index (χ1v) is 10.9. The second kappa shape index (κ2) is 7.59. The highest BCUT2D eigenvalue weighted by Crippen LogP contribution is 2.33. The van der Waals surface area contributed by atoms with Gasteiger partial charge in [-0.2, -0.15) is 4.57 Å². The van der Waals surface area contributed by atoms with E-state index in [0.29, 0.717) is 5.92 Å². The first-order chi connectivity index (χ1) is 15.1. The number of aryl methyl sites for hydroxylation is 2. The Morgan fingerprint density at radius 2 is 1.52 bits per heavy atom. The van der Waals surface area contributed by atoms with Gasteiger partial charge < -0.3 is 4.57 Å². The zero-order chi connectivity index (χ0) is 21.5.